The summed E-state index contributed by atoms with van der Waals surface area (Å²) in [5.41, 5.74) is 0.749. The van der Waals surface area contributed by atoms with Crippen LogP contribution < -0.4 is 4.90 Å². The zero-order valence-corrected chi connectivity index (χ0v) is 9.94. The fourth-order valence-electron chi connectivity index (χ4n) is 1.20. The molecule has 0 fully saturated rings. The van der Waals surface area contributed by atoms with Crippen LogP contribution in [0.2, 0.25) is 0 Å². The predicted octanol–water partition coefficient (Wildman–Crippen LogP) is 1.96. The van der Waals surface area contributed by atoms with Gasteiger partial charge in [0.05, 0.1) is 11.4 Å². The van der Waals surface area contributed by atoms with Crippen LogP contribution in [0.1, 0.15) is 5.56 Å². The lowest BCUT2D eigenvalue weighted by Gasteiger charge is -2.13. The van der Waals surface area contributed by atoms with Gasteiger partial charge >= 0.3 is 0 Å². The topological polar surface area (TPSA) is 37.4 Å². The monoisotopic (exact) mass is 251 g/mol. The summed E-state index contributed by atoms with van der Waals surface area (Å²) in [7, 11) is 4.84. The summed E-state index contributed by atoms with van der Waals surface area (Å²) in [5.74, 6) is -0.822. The number of hydrogen-bond acceptors (Lipinski definition) is 3. The van der Waals surface area contributed by atoms with Crippen molar-refractivity contribution in [3.8, 4) is 0 Å². The Bertz CT molecular complexity index is 459. The number of hydrogen-bond donors (Lipinski definition) is 0. The summed E-state index contributed by atoms with van der Waals surface area (Å²) in [4.78, 5) is 1.61. The van der Waals surface area contributed by atoms with E-state index in [1.807, 2.05) is 0 Å². The van der Waals surface area contributed by atoms with Gasteiger partial charge in [0.25, 0.3) is 0 Å². The predicted molar refractivity (Wildman–Crippen MR) is 59.2 cm³/mol. The highest BCUT2D eigenvalue weighted by molar-refractivity contribution is 8.13. The molecule has 0 bridgehead atoms. The molecular weight excluding hydrogens is 241 g/mol. The fourth-order valence-corrected chi connectivity index (χ4v) is 2.16. The van der Waals surface area contributed by atoms with Crippen molar-refractivity contribution in [1.29, 1.82) is 0 Å². The Morgan fingerprint density at radius 1 is 1.40 bits per heavy atom. The van der Waals surface area contributed by atoms with Crippen LogP contribution in [0.4, 0.5) is 10.1 Å². The molecule has 0 aliphatic carbocycles. The maximum atomic E-state index is 13.4. The molecule has 0 unspecified atom stereocenters. The van der Waals surface area contributed by atoms with Gasteiger partial charge in [-0.05, 0) is 17.7 Å². The Hall–Kier alpha value is -0.810. The standard InChI is InChI=1S/C9H11ClFNO2S/c1-12(2)9-4-3-7(5-8(9)11)6-15(10,13)14/h3-5H,6H2,1-2H3. The molecule has 0 aliphatic heterocycles. The number of nitrogens with zero attached hydrogens (tertiary/aromatic N) is 1. The van der Waals surface area contributed by atoms with Gasteiger partial charge in [0.15, 0.2) is 0 Å². The van der Waals surface area contributed by atoms with Gasteiger partial charge in [0.2, 0.25) is 9.05 Å². The van der Waals surface area contributed by atoms with E-state index in [9.17, 15) is 12.8 Å². The van der Waals surface area contributed by atoms with E-state index in [1.54, 1.807) is 25.1 Å². The Morgan fingerprint density at radius 2 is 2.00 bits per heavy atom. The van der Waals surface area contributed by atoms with Gasteiger partial charge in [-0.15, -0.1) is 0 Å². The first-order valence-electron chi connectivity index (χ1n) is 4.17. The van der Waals surface area contributed by atoms with Crippen molar-refractivity contribution in [2.24, 2.45) is 0 Å². The zero-order valence-electron chi connectivity index (χ0n) is 8.37. The molecule has 6 heteroatoms. The molecule has 1 aromatic carbocycles. The third kappa shape index (κ3) is 3.68. The molecule has 0 atom stereocenters. The third-order valence-corrected chi connectivity index (χ3v) is 2.84. The first-order valence-corrected chi connectivity index (χ1v) is 6.65. The summed E-state index contributed by atoms with van der Waals surface area (Å²) in [6.45, 7) is 0. The highest BCUT2D eigenvalue weighted by Crippen LogP contribution is 2.20. The maximum Gasteiger partial charge on any atom is 0.236 e. The second-order valence-electron chi connectivity index (χ2n) is 3.36. The van der Waals surface area contributed by atoms with E-state index >= 15 is 0 Å². The average Bonchev–Trinajstić information content (AvgIpc) is 1.99. The molecule has 84 valence electrons. The molecule has 3 nitrogen and oxygen atoms in total. The lowest BCUT2D eigenvalue weighted by atomic mass is 10.2. The van der Waals surface area contributed by atoms with Crippen molar-refractivity contribution >= 4 is 25.4 Å². The molecule has 0 aliphatic rings. The van der Waals surface area contributed by atoms with Crippen molar-refractivity contribution in [2.45, 2.75) is 5.75 Å². The first-order chi connectivity index (χ1) is 6.79. The molecule has 1 rings (SSSR count). The van der Waals surface area contributed by atoms with E-state index < -0.39 is 14.9 Å². The largest absolute Gasteiger partial charge is 0.375 e. The molecular formula is C9H11ClFNO2S. The van der Waals surface area contributed by atoms with E-state index in [-0.39, 0.29) is 5.75 Å². The smallest absolute Gasteiger partial charge is 0.236 e. The Morgan fingerprint density at radius 3 is 2.40 bits per heavy atom. The van der Waals surface area contributed by atoms with Gasteiger partial charge in [-0.2, -0.15) is 0 Å². The van der Waals surface area contributed by atoms with Crippen LogP contribution in [0.5, 0.6) is 0 Å². The van der Waals surface area contributed by atoms with Crippen LogP contribution >= 0.6 is 10.7 Å². The lowest BCUT2D eigenvalue weighted by molar-refractivity contribution is 0.608. The normalized spacial score (nSPS) is 11.5. The van der Waals surface area contributed by atoms with E-state index in [4.69, 9.17) is 10.7 Å². The van der Waals surface area contributed by atoms with Gasteiger partial charge in [0, 0.05) is 24.8 Å². The molecule has 0 saturated heterocycles. The molecule has 1 aromatic rings. The molecule has 0 saturated carbocycles. The molecule has 0 spiro atoms. The van der Waals surface area contributed by atoms with Crippen LogP contribution in [0, 0.1) is 5.82 Å². The van der Waals surface area contributed by atoms with Gasteiger partial charge in [-0.3, -0.25) is 0 Å². The SMILES string of the molecule is CN(C)c1ccc(CS(=O)(=O)Cl)cc1F. The minimum absolute atomic E-state index is 0.341. The van der Waals surface area contributed by atoms with Crippen molar-refractivity contribution in [3.63, 3.8) is 0 Å². The Labute approximate surface area is 92.9 Å². The molecule has 0 N–H and O–H groups in total. The number of anilines is 1. The summed E-state index contributed by atoms with van der Waals surface area (Å²) in [6, 6.07) is 4.24. The van der Waals surface area contributed by atoms with E-state index in [2.05, 4.69) is 0 Å². The average molecular weight is 252 g/mol. The minimum Gasteiger partial charge on any atom is -0.375 e. The van der Waals surface area contributed by atoms with Crippen LogP contribution in [-0.4, -0.2) is 22.5 Å². The highest BCUT2D eigenvalue weighted by Gasteiger charge is 2.10. The van der Waals surface area contributed by atoms with Crippen LogP contribution in [0.15, 0.2) is 18.2 Å². The molecule has 0 amide bonds. The first kappa shape index (κ1) is 12.3. The molecule has 0 heterocycles. The van der Waals surface area contributed by atoms with Crippen molar-refractivity contribution in [3.05, 3.63) is 29.6 Å². The number of rotatable bonds is 3. The molecule has 0 aromatic heterocycles. The van der Waals surface area contributed by atoms with Crippen molar-refractivity contribution in [1.82, 2.24) is 0 Å². The summed E-state index contributed by atoms with van der Waals surface area (Å²) >= 11 is 0. The Kier molecular flexibility index (Phi) is 3.57. The van der Waals surface area contributed by atoms with Gasteiger partial charge < -0.3 is 4.90 Å². The lowest BCUT2D eigenvalue weighted by Crippen LogP contribution is -2.11. The summed E-state index contributed by atoms with van der Waals surface area (Å²) in [6.07, 6.45) is 0. The van der Waals surface area contributed by atoms with E-state index in [0.717, 1.165) is 0 Å². The second-order valence-corrected chi connectivity index (χ2v) is 6.14. The van der Waals surface area contributed by atoms with Crippen molar-refractivity contribution < 1.29 is 12.8 Å². The highest BCUT2D eigenvalue weighted by atomic mass is 35.7. The summed E-state index contributed by atoms with van der Waals surface area (Å²) in [5, 5.41) is 0. The van der Waals surface area contributed by atoms with Crippen LogP contribution in [0.3, 0.4) is 0 Å². The quantitative estimate of drug-likeness (QED) is 0.771. The van der Waals surface area contributed by atoms with Gasteiger partial charge in [-0.1, -0.05) is 6.07 Å². The van der Waals surface area contributed by atoms with Gasteiger partial charge in [-0.25, -0.2) is 12.8 Å². The van der Waals surface area contributed by atoms with E-state index in [1.165, 1.54) is 12.1 Å². The molecule has 0 radical (unpaired) electrons. The second kappa shape index (κ2) is 4.37. The van der Waals surface area contributed by atoms with Gasteiger partial charge in [0.1, 0.15) is 5.82 Å². The maximum absolute atomic E-state index is 13.4. The van der Waals surface area contributed by atoms with Crippen LogP contribution in [-0.2, 0) is 14.8 Å². The zero-order chi connectivity index (χ0) is 11.6. The fraction of sp³-hybridized carbons (Fsp3) is 0.333. The Balaban J connectivity index is 3.02. The summed E-state index contributed by atoms with van der Waals surface area (Å²) < 4.78 is 34.9. The van der Waals surface area contributed by atoms with Crippen molar-refractivity contribution in [2.75, 3.05) is 19.0 Å². The molecule has 15 heavy (non-hydrogen) atoms. The number of halogens is 2. The minimum atomic E-state index is -3.64. The third-order valence-electron chi connectivity index (χ3n) is 1.83. The number of benzene rings is 1. The van der Waals surface area contributed by atoms with E-state index in [0.29, 0.717) is 11.3 Å². The van der Waals surface area contributed by atoms with Crippen LogP contribution in [0.25, 0.3) is 0 Å².